The molecule has 2 rings (SSSR count). The molecule has 0 aliphatic carbocycles. The number of benzene rings is 1. The van der Waals surface area contributed by atoms with E-state index in [4.69, 9.17) is 22.6 Å². The minimum Gasteiger partial charge on any atom is -0.323 e. The molecule has 0 amide bonds. The fraction of sp³-hybridized carbons (Fsp3) is 0.167. The summed E-state index contributed by atoms with van der Waals surface area (Å²) in [5, 5.41) is 9.28. The Labute approximate surface area is 104 Å². The molecule has 17 heavy (non-hydrogen) atoms. The molecule has 2 aromatic rings. The van der Waals surface area contributed by atoms with Crippen molar-refractivity contribution in [3.05, 3.63) is 47.0 Å². The first kappa shape index (κ1) is 11.6. The van der Waals surface area contributed by atoms with Crippen LogP contribution in [0.2, 0.25) is 5.02 Å². The lowest BCUT2D eigenvalue weighted by molar-refractivity contribution is 0.752. The predicted octanol–water partition coefficient (Wildman–Crippen LogP) is 2.42. The van der Waals surface area contributed by atoms with Gasteiger partial charge in [0, 0.05) is 6.04 Å². The molecule has 1 aromatic carbocycles. The molecule has 2 N–H and O–H groups in total. The van der Waals surface area contributed by atoms with E-state index >= 15 is 0 Å². The third kappa shape index (κ3) is 2.16. The molecule has 1 atom stereocenters. The molecule has 4 nitrogen and oxygen atoms in total. The van der Waals surface area contributed by atoms with Crippen LogP contribution < -0.4 is 5.73 Å². The molecule has 0 spiro atoms. The Bertz CT molecular complexity index is 580. The predicted molar refractivity (Wildman–Crippen MR) is 65.9 cm³/mol. The molecule has 0 unspecified atom stereocenters. The minimum absolute atomic E-state index is 0.135. The average molecular weight is 247 g/mol. The van der Waals surface area contributed by atoms with E-state index in [0.29, 0.717) is 10.6 Å². The summed E-state index contributed by atoms with van der Waals surface area (Å²) in [7, 11) is 0. The molecule has 0 saturated carbocycles. The second-order valence-electron chi connectivity index (χ2n) is 3.76. The lowest BCUT2D eigenvalue weighted by Gasteiger charge is -2.12. The van der Waals surface area contributed by atoms with Crippen molar-refractivity contribution in [3.63, 3.8) is 0 Å². The maximum absolute atomic E-state index is 8.78. The van der Waals surface area contributed by atoms with Gasteiger partial charge in [-0.3, -0.25) is 0 Å². The van der Waals surface area contributed by atoms with Gasteiger partial charge < -0.3 is 10.3 Å². The second kappa shape index (κ2) is 4.58. The number of imidazole rings is 1. The second-order valence-corrected chi connectivity index (χ2v) is 4.16. The Morgan fingerprint density at radius 3 is 2.88 bits per heavy atom. The van der Waals surface area contributed by atoms with Gasteiger partial charge >= 0.3 is 0 Å². The summed E-state index contributed by atoms with van der Waals surface area (Å²) in [6.07, 6.45) is 3.37. The Hall–Kier alpha value is -1.83. The van der Waals surface area contributed by atoms with Crippen LogP contribution in [0, 0.1) is 11.3 Å². The summed E-state index contributed by atoms with van der Waals surface area (Å²) in [6, 6.07) is 7.04. The van der Waals surface area contributed by atoms with Crippen molar-refractivity contribution in [2.45, 2.75) is 13.0 Å². The van der Waals surface area contributed by atoms with Crippen LogP contribution >= 0.6 is 11.6 Å². The Balaban J connectivity index is 2.54. The quantitative estimate of drug-likeness (QED) is 0.885. The Morgan fingerprint density at radius 1 is 1.53 bits per heavy atom. The molecule has 1 aromatic heterocycles. The van der Waals surface area contributed by atoms with Gasteiger partial charge in [-0.1, -0.05) is 11.6 Å². The lowest BCUT2D eigenvalue weighted by Crippen LogP contribution is -2.10. The normalized spacial score (nSPS) is 12.1. The summed E-state index contributed by atoms with van der Waals surface area (Å²) in [5.41, 5.74) is 8.02. The van der Waals surface area contributed by atoms with Crippen molar-refractivity contribution >= 4 is 11.6 Å². The third-order valence-corrected chi connectivity index (χ3v) is 2.77. The van der Waals surface area contributed by atoms with Crippen LogP contribution in [0.15, 0.2) is 30.7 Å². The highest BCUT2D eigenvalue weighted by Gasteiger charge is 2.11. The fourth-order valence-electron chi connectivity index (χ4n) is 1.62. The fourth-order valence-corrected chi connectivity index (χ4v) is 1.89. The number of nitrogens with zero attached hydrogens (tertiary/aromatic N) is 3. The monoisotopic (exact) mass is 246 g/mol. The van der Waals surface area contributed by atoms with Gasteiger partial charge in [0.1, 0.15) is 0 Å². The van der Waals surface area contributed by atoms with Gasteiger partial charge in [-0.25, -0.2) is 4.98 Å². The Morgan fingerprint density at radius 2 is 2.29 bits per heavy atom. The van der Waals surface area contributed by atoms with Crippen molar-refractivity contribution in [2.24, 2.45) is 5.73 Å². The molecule has 0 radical (unpaired) electrons. The third-order valence-electron chi connectivity index (χ3n) is 2.47. The first-order chi connectivity index (χ1) is 8.13. The van der Waals surface area contributed by atoms with Gasteiger partial charge in [0.05, 0.1) is 40.6 Å². The molecule has 0 aliphatic rings. The largest absolute Gasteiger partial charge is 0.323 e. The zero-order chi connectivity index (χ0) is 12.4. The first-order valence-corrected chi connectivity index (χ1v) is 5.49. The number of nitriles is 1. The molecule has 0 fully saturated rings. The molecule has 0 saturated heterocycles. The van der Waals surface area contributed by atoms with Crippen molar-refractivity contribution in [1.82, 2.24) is 9.55 Å². The van der Waals surface area contributed by atoms with Gasteiger partial charge in [0.15, 0.2) is 0 Å². The molecule has 5 heteroatoms. The van der Waals surface area contributed by atoms with Gasteiger partial charge in [0.25, 0.3) is 0 Å². The molecular formula is C12H11ClN4. The standard InChI is InChI=1S/C12H11ClN4/c1-8(15)12-6-16-7-17(12)11-3-2-9(5-14)4-10(11)13/h2-4,6-8H,15H2,1H3/t8-/m0/s1. The van der Waals surface area contributed by atoms with Crippen LogP contribution in [0.5, 0.6) is 0 Å². The summed E-state index contributed by atoms with van der Waals surface area (Å²) < 4.78 is 1.83. The summed E-state index contributed by atoms with van der Waals surface area (Å²) >= 11 is 6.14. The molecule has 0 bridgehead atoms. The van der Waals surface area contributed by atoms with Gasteiger partial charge in [-0.15, -0.1) is 0 Å². The summed E-state index contributed by atoms with van der Waals surface area (Å²) in [6.45, 7) is 1.88. The summed E-state index contributed by atoms with van der Waals surface area (Å²) in [4.78, 5) is 4.06. The number of rotatable bonds is 2. The van der Waals surface area contributed by atoms with Crippen LogP contribution in [0.1, 0.15) is 24.2 Å². The topological polar surface area (TPSA) is 67.6 Å². The smallest absolute Gasteiger partial charge is 0.0995 e. The molecule has 0 aliphatic heterocycles. The number of hydrogen-bond donors (Lipinski definition) is 1. The number of aromatic nitrogens is 2. The number of hydrogen-bond acceptors (Lipinski definition) is 3. The van der Waals surface area contributed by atoms with E-state index in [9.17, 15) is 0 Å². The maximum atomic E-state index is 8.78. The highest BCUT2D eigenvalue weighted by Crippen LogP contribution is 2.24. The molecule has 86 valence electrons. The van der Waals surface area contributed by atoms with E-state index in [1.165, 1.54) is 0 Å². The van der Waals surface area contributed by atoms with E-state index < -0.39 is 0 Å². The molecular weight excluding hydrogens is 236 g/mol. The highest BCUT2D eigenvalue weighted by atomic mass is 35.5. The highest BCUT2D eigenvalue weighted by molar-refractivity contribution is 6.32. The van der Waals surface area contributed by atoms with Crippen LogP contribution in [-0.2, 0) is 0 Å². The zero-order valence-corrected chi connectivity index (χ0v) is 10.0. The molecule has 1 heterocycles. The SMILES string of the molecule is C[C@H](N)c1cncn1-c1ccc(C#N)cc1Cl. The van der Waals surface area contributed by atoms with Gasteiger partial charge in [0.2, 0.25) is 0 Å². The maximum Gasteiger partial charge on any atom is 0.0995 e. The number of halogens is 1. The first-order valence-electron chi connectivity index (χ1n) is 5.11. The van der Waals surface area contributed by atoms with Crippen LogP contribution in [0.3, 0.4) is 0 Å². The lowest BCUT2D eigenvalue weighted by atomic mass is 10.2. The van der Waals surface area contributed by atoms with Crippen LogP contribution in [0.4, 0.5) is 0 Å². The minimum atomic E-state index is -0.135. The zero-order valence-electron chi connectivity index (χ0n) is 9.26. The van der Waals surface area contributed by atoms with Crippen LogP contribution in [0.25, 0.3) is 5.69 Å². The van der Waals surface area contributed by atoms with Crippen molar-refractivity contribution in [2.75, 3.05) is 0 Å². The van der Waals surface area contributed by atoms with Crippen molar-refractivity contribution in [3.8, 4) is 11.8 Å². The van der Waals surface area contributed by atoms with E-state index in [1.807, 2.05) is 17.6 Å². The van der Waals surface area contributed by atoms with E-state index in [0.717, 1.165) is 11.4 Å². The van der Waals surface area contributed by atoms with E-state index in [2.05, 4.69) is 4.98 Å². The van der Waals surface area contributed by atoms with Gasteiger partial charge in [-0.05, 0) is 25.1 Å². The number of nitrogens with two attached hydrogens (primary N) is 1. The van der Waals surface area contributed by atoms with E-state index in [1.54, 1.807) is 30.7 Å². The Kier molecular flexibility index (Phi) is 3.14. The summed E-state index contributed by atoms with van der Waals surface area (Å²) in [5.74, 6) is 0. The van der Waals surface area contributed by atoms with Crippen molar-refractivity contribution < 1.29 is 0 Å². The van der Waals surface area contributed by atoms with Gasteiger partial charge in [-0.2, -0.15) is 5.26 Å². The van der Waals surface area contributed by atoms with Crippen LogP contribution in [-0.4, -0.2) is 9.55 Å². The van der Waals surface area contributed by atoms with E-state index in [-0.39, 0.29) is 6.04 Å². The average Bonchev–Trinajstić information content (AvgIpc) is 2.77. The van der Waals surface area contributed by atoms with Crippen molar-refractivity contribution in [1.29, 1.82) is 5.26 Å².